The van der Waals surface area contributed by atoms with Gasteiger partial charge in [-0.25, -0.2) is 4.79 Å². The van der Waals surface area contributed by atoms with E-state index in [4.69, 9.17) is 5.73 Å². The topological polar surface area (TPSA) is 74.7 Å². The fourth-order valence-corrected chi connectivity index (χ4v) is 2.74. The van der Waals surface area contributed by atoms with Gasteiger partial charge in [-0.05, 0) is 23.3 Å². The van der Waals surface area contributed by atoms with Crippen LogP contribution in [0, 0.1) is 0 Å². The first-order valence-electron chi connectivity index (χ1n) is 5.87. The van der Waals surface area contributed by atoms with Crippen LogP contribution in [0.4, 0.5) is 0 Å². The number of aromatic nitrogens is 2. The van der Waals surface area contributed by atoms with Gasteiger partial charge in [0, 0.05) is 4.47 Å². The molecule has 2 aromatic carbocycles. The van der Waals surface area contributed by atoms with Crippen molar-refractivity contribution in [1.82, 2.24) is 9.97 Å². The fourth-order valence-electron chi connectivity index (χ4n) is 2.15. The number of nitrogens with two attached hydrogens (primary N) is 1. The predicted molar refractivity (Wildman–Crippen MR) is 79.1 cm³/mol. The van der Waals surface area contributed by atoms with Gasteiger partial charge in [0.1, 0.15) is 0 Å². The van der Waals surface area contributed by atoms with E-state index in [0.29, 0.717) is 0 Å². The molecule has 0 aliphatic heterocycles. The highest BCUT2D eigenvalue weighted by Gasteiger charge is 2.14. The van der Waals surface area contributed by atoms with Crippen LogP contribution in [0.15, 0.2) is 51.7 Å². The molecule has 4 nitrogen and oxygen atoms in total. The van der Waals surface area contributed by atoms with Gasteiger partial charge in [0.2, 0.25) is 0 Å². The number of nitrogens with one attached hydrogen (secondary N) is 2. The summed E-state index contributed by atoms with van der Waals surface area (Å²) in [5.41, 5.74) is 9.56. The van der Waals surface area contributed by atoms with Gasteiger partial charge in [-0.2, -0.15) is 0 Å². The lowest BCUT2D eigenvalue weighted by atomic mass is 9.99. The fraction of sp³-hybridized carbons (Fsp3) is 0.0714. The molecule has 1 heterocycles. The average Bonchev–Trinajstić information content (AvgIpc) is 2.77. The van der Waals surface area contributed by atoms with Crippen LogP contribution in [0.5, 0.6) is 0 Å². The van der Waals surface area contributed by atoms with Crippen molar-refractivity contribution in [2.24, 2.45) is 5.73 Å². The Bertz CT molecular complexity index is 776. The summed E-state index contributed by atoms with van der Waals surface area (Å²) in [5.74, 6) is 0. The van der Waals surface area contributed by atoms with Gasteiger partial charge in [0.15, 0.2) is 0 Å². The molecule has 19 heavy (non-hydrogen) atoms. The Labute approximate surface area is 117 Å². The molecule has 0 saturated carbocycles. The molecule has 0 aliphatic carbocycles. The van der Waals surface area contributed by atoms with E-state index < -0.39 is 0 Å². The Morgan fingerprint density at radius 2 is 1.68 bits per heavy atom. The van der Waals surface area contributed by atoms with E-state index in [1.807, 2.05) is 42.5 Å². The third kappa shape index (κ3) is 2.22. The normalized spacial score (nSPS) is 12.7. The highest BCUT2D eigenvalue weighted by molar-refractivity contribution is 9.10. The lowest BCUT2D eigenvalue weighted by Gasteiger charge is -2.14. The molecule has 5 heteroatoms. The van der Waals surface area contributed by atoms with Crippen molar-refractivity contribution in [1.29, 1.82) is 0 Å². The minimum Gasteiger partial charge on any atom is -0.320 e. The predicted octanol–water partition coefficient (Wildman–Crippen LogP) is 2.67. The maximum atomic E-state index is 11.3. The standard InChI is InChI=1S/C14H12BrN3O/c15-10-7-12-11(17-14(19)18-12)6-9(10)13(16)8-4-2-1-3-5-8/h1-7,13H,16H2,(H2,17,18,19). The van der Waals surface area contributed by atoms with Crippen LogP contribution in [-0.2, 0) is 0 Å². The quantitative estimate of drug-likeness (QED) is 0.679. The SMILES string of the molecule is NC(c1ccccc1)c1cc2[nH]c(=O)[nH]c2cc1Br. The van der Waals surface area contributed by atoms with E-state index in [0.717, 1.165) is 26.6 Å². The number of benzene rings is 2. The van der Waals surface area contributed by atoms with E-state index in [1.165, 1.54) is 0 Å². The first-order chi connectivity index (χ1) is 9.15. The Kier molecular flexibility index (Phi) is 3.00. The van der Waals surface area contributed by atoms with Crippen molar-refractivity contribution in [3.63, 3.8) is 0 Å². The summed E-state index contributed by atoms with van der Waals surface area (Å²) >= 11 is 3.51. The molecule has 0 saturated heterocycles. The van der Waals surface area contributed by atoms with Gasteiger partial charge in [-0.1, -0.05) is 46.3 Å². The number of H-pyrrole nitrogens is 2. The highest BCUT2D eigenvalue weighted by Crippen LogP contribution is 2.29. The Hall–Kier alpha value is -1.85. The minimum atomic E-state index is -0.238. The molecule has 0 fully saturated rings. The summed E-state index contributed by atoms with van der Waals surface area (Å²) in [5, 5.41) is 0. The molecule has 3 rings (SSSR count). The first kappa shape index (κ1) is 12.2. The lowest BCUT2D eigenvalue weighted by Crippen LogP contribution is -2.12. The monoisotopic (exact) mass is 317 g/mol. The van der Waals surface area contributed by atoms with E-state index in [2.05, 4.69) is 25.9 Å². The second-order valence-corrected chi connectivity index (χ2v) is 5.24. The number of halogens is 1. The molecule has 1 atom stereocenters. The largest absolute Gasteiger partial charge is 0.323 e. The molecule has 0 spiro atoms. The van der Waals surface area contributed by atoms with E-state index >= 15 is 0 Å². The van der Waals surface area contributed by atoms with Crippen LogP contribution in [0.3, 0.4) is 0 Å². The van der Waals surface area contributed by atoms with Crippen LogP contribution < -0.4 is 11.4 Å². The van der Waals surface area contributed by atoms with Gasteiger partial charge < -0.3 is 15.7 Å². The molecule has 1 aromatic heterocycles. The molecular weight excluding hydrogens is 306 g/mol. The van der Waals surface area contributed by atoms with Crippen molar-refractivity contribution in [3.8, 4) is 0 Å². The molecule has 4 N–H and O–H groups in total. The molecule has 3 aromatic rings. The molecular formula is C14H12BrN3O. The van der Waals surface area contributed by atoms with E-state index in [9.17, 15) is 4.79 Å². The Morgan fingerprint density at radius 3 is 2.37 bits per heavy atom. The third-order valence-corrected chi connectivity index (χ3v) is 3.81. The summed E-state index contributed by atoms with van der Waals surface area (Å²) in [6, 6.07) is 13.4. The zero-order chi connectivity index (χ0) is 13.4. The van der Waals surface area contributed by atoms with Crippen LogP contribution in [0.25, 0.3) is 11.0 Å². The molecule has 0 radical (unpaired) electrons. The molecule has 0 bridgehead atoms. The summed E-state index contributed by atoms with van der Waals surface area (Å²) in [6.07, 6.45) is 0. The van der Waals surface area contributed by atoms with Crippen molar-refractivity contribution >= 4 is 27.0 Å². The summed E-state index contributed by atoms with van der Waals surface area (Å²) in [6.45, 7) is 0. The van der Waals surface area contributed by atoms with Gasteiger partial charge in [-0.3, -0.25) is 0 Å². The number of fused-ring (bicyclic) bond motifs is 1. The highest BCUT2D eigenvalue weighted by atomic mass is 79.9. The second-order valence-electron chi connectivity index (χ2n) is 4.39. The zero-order valence-corrected chi connectivity index (χ0v) is 11.6. The summed E-state index contributed by atoms with van der Waals surface area (Å²) in [7, 11) is 0. The Morgan fingerprint density at radius 1 is 1.05 bits per heavy atom. The Balaban J connectivity index is 2.14. The van der Waals surface area contributed by atoms with Crippen LogP contribution >= 0.6 is 15.9 Å². The summed E-state index contributed by atoms with van der Waals surface area (Å²) < 4.78 is 0.881. The van der Waals surface area contributed by atoms with Gasteiger partial charge >= 0.3 is 5.69 Å². The smallest absolute Gasteiger partial charge is 0.320 e. The maximum absolute atomic E-state index is 11.3. The van der Waals surface area contributed by atoms with Crippen LogP contribution in [0.2, 0.25) is 0 Å². The first-order valence-corrected chi connectivity index (χ1v) is 6.66. The zero-order valence-electron chi connectivity index (χ0n) is 9.98. The second kappa shape index (κ2) is 4.68. The van der Waals surface area contributed by atoms with Gasteiger partial charge in [0.25, 0.3) is 0 Å². The van der Waals surface area contributed by atoms with Crippen molar-refractivity contribution < 1.29 is 0 Å². The van der Waals surface area contributed by atoms with Crippen LogP contribution in [0.1, 0.15) is 17.2 Å². The number of rotatable bonds is 2. The minimum absolute atomic E-state index is 0.215. The number of hydrogen-bond acceptors (Lipinski definition) is 2. The van der Waals surface area contributed by atoms with Gasteiger partial charge in [0.05, 0.1) is 17.1 Å². The number of aromatic amines is 2. The molecule has 0 aliphatic rings. The average molecular weight is 318 g/mol. The molecule has 96 valence electrons. The maximum Gasteiger partial charge on any atom is 0.323 e. The van der Waals surface area contributed by atoms with Crippen molar-refractivity contribution in [2.75, 3.05) is 0 Å². The van der Waals surface area contributed by atoms with Crippen molar-refractivity contribution in [3.05, 3.63) is 68.5 Å². The lowest BCUT2D eigenvalue weighted by molar-refractivity contribution is 0.867. The number of hydrogen-bond donors (Lipinski definition) is 3. The number of imidazole rings is 1. The van der Waals surface area contributed by atoms with E-state index in [1.54, 1.807) is 0 Å². The van der Waals surface area contributed by atoms with E-state index in [-0.39, 0.29) is 11.7 Å². The molecule has 0 amide bonds. The van der Waals surface area contributed by atoms with Crippen molar-refractivity contribution in [2.45, 2.75) is 6.04 Å². The summed E-state index contributed by atoms with van der Waals surface area (Å²) in [4.78, 5) is 16.8. The molecule has 1 unspecified atom stereocenters. The van der Waals surface area contributed by atoms with Crippen LogP contribution in [-0.4, -0.2) is 9.97 Å². The van der Waals surface area contributed by atoms with Gasteiger partial charge in [-0.15, -0.1) is 0 Å². The third-order valence-electron chi connectivity index (χ3n) is 3.13.